The van der Waals surface area contributed by atoms with Crippen LogP contribution < -0.4 is 15.8 Å². The molecule has 0 atom stereocenters. The maximum atomic E-state index is 12.3. The molecule has 0 radical (unpaired) electrons. The van der Waals surface area contributed by atoms with Crippen LogP contribution in [0.2, 0.25) is 0 Å². The molecule has 1 saturated carbocycles. The van der Waals surface area contributed by atoms with Crippen LogP contribution >= 0.6 is 15.9 Å². The minimum Gasteiger partial charge on any atom is -0.364 e. The molecule has 19 heavy (non-hydrogen) atoms. The van der Waals surface area contributed by atoms with Gasteiger partial charge in [-0.2, -0.15) is 5.10 Å². The average molecular weight is 327 g/mol. The van der Waals surface area contributed by atoms with Gasteiger partial charge in [0.1, 0.15) is 4.47 Å². The molecule has 1 aliphatic heterocycles. The molecule has 1 N–H and O–H groups in total. The zero-order valence-corrected chi connectivity index (χ0v) is 12.7. The molecular weight excluding hydrogens is 308 g/mol. The van der Waals surface area contributed by atoms with E-state index in [9.17, 15) is 4.79 Å². The summed E-state index contributed by atoms with van der Waals surface area (Å²) in [5.41, 5.74) is 0.918. The first-order valence-electron chi connectivity index (χ1n) is 6.93. The Morgan fingerprint density at radius 3 is 2.79 bits per heavy atom. The number of hydrogen-bond acceptors (Lipinski definition) is 4. The van der Waals surface area contributed by atoms with Gasteiger partial charge in [0.15, 0.2) is 0 Å². The molecule has 2 heterocycles. The zero-order chi connectivity index (χ0) is 13.4. The highest BCUT2D eigenvalue weighted by Gasteiger charge is 2.27. The van der Waals surface area contributed by atoms with E-state index in [0.29, 0.717) is 16.4 Å². The summed E-state index contributed by atoms with van der Waals surface area (Å²) in [6.07, 6.45) is 4.28. The van der Waals surface area contributed by atoms with E-state index in [1.807, 2.05) is 6.20 Å². The molecule has 1 saturated heterocycles. The van der Waals surface area contributed by atoms with Crippen LogP contribution in [0.1, 0.15) is 19.8 Å². The maximum Gasteiger partial charge on any atom is 0.283 e. The van der Waals surface area contributed by atoms with E-state index in [4.69, 9.17) is 0 Å². The summed E-state index contributed by atoms with van der Waals surface area (Å²) in [6, 6.07) is 0.474. The Hall–Kier alpha value is -0.880. The van der Waals surface area contributed by atoms with Gasteiger partial charge in [-0.25, -0.2) is 4.68 Å². The molecule has 104 valence electrons. The van der Waals surface area contributed by atoms with Crippen molar-refractivity contribution in [2.45, 2.75) is 32.4 Å². The summed E-state index contributed by atoms with van der Waals surface area (Å²) in [5, 5.41) is 7.61. The van der Waals surface area contributed by atoms with Gasteiger partial charge in [0, 0.05) is 26.2 Å². The average Bonchev–Trinajstić information content (AvgIpc) is 3.14. The normalized spacial score (nSPS) is 19.3. The van der Waals surface area contributed by atoms with E-state index in [0.717, 1.165) is 31.9 Å². The fraction of sp³-hybridized carbons (Fsp3) is 0.692. The molecule has 0 amide bonds. The molecule has 0 spiro atoms. The van der Waals surface area contributed by atoms with Crippen molar-refractivity contribution in [3.8, 4) is 0 Å². The first kappa shape index (κ1) is 13.1. The summed E-state index contributed by atoms with van der Waals surface area (Å²) >= 11 is 3.47. The topological polar surface area (TPSA) is 50.2 Å². The Labute approximate surface area is 121 Å². The van der Waals surface area contributed by atoms with Crippen molar-refractivity contribution in [1.82, 2.24) is 15.1 Å². The van der Waals surface area contributed by atoms with Gasteiger partial charge >= 0.3 is 0 Å². The molecule has 0 unspecified atom stereocenters. The number of hydrogen-bond donors (Lipinski definition) is 1. The summed E-state index contributed by atoms with van der Waals surface area (Å²) in [5.74, 6) is 0.654. The lowest BCUT2D eigenvalue weighted by molar-refractivity contribution is 0.415. The number of rotatable bonds is 5. The van der Waals surface area contributed by atoms with Crippen molar-refractivity contribution in [2.24, 2.45) is 5.92 Å². The summed E-state index contributed by atoms with van der Waals surface area (Å²) < 4.78 is 2.25. The van der Waals surface area contributed by atoms with Crippen molar-refractivity contribution in [2.75, 3.05) is 24.5 Å². The molecule has 6 heteroatoms. The second-order valence-corrected chi connectivity index (χ2v) is 6.17. The first-order valence-corrected chi connectivity index (χ1v) is 7.73. The largest absolute Gasteiger partial charge is 0.364 e. The van der Waals surface area contributed by atoms with E-state index in [-0.39, 0.29) is 5.56 Å². The number of halogens is 1. The van der Waals surface area contributed by atoms with Gasteiger partial charge in [-0.1, -0.05) is 0 Å². The molecule has 2 aliphatic rings. The zero-order valence-electron chi connectivity index (χ0n) is 11.1. The SMILES string of the molecule is CCN(c1cnn(CC2CC2)c(=O)c1Br)C1CNC1. The minimum absolute atomic E-state index is 0.00451. The minimum atomic E-state index is -0.00451. The van der Waals surface area contributed by atoms with E-state index in [2.05, 4.69) is 38.2 Å². The Kier molecular flexibility index (Phi) is 3.62. The molecule has 2 fully saturated rings. The van der Waals surface area contributed by atoms with Crippen molar-refractivity contribution in [3.05, 3.63) is 21.0 Å². The van der Waals surface area contributed by atoms with E-state index in [1.165, 1.54) is 12.8 Å². The number of anilines is 1. The highest BCUT2D eigenvalue weighted by molar-refractivity contribution is 9.10. The van der Waals surface area contributed by atoms with Gasteiger partial charge in [0.05, 0.1) is 17.9 Å². The number of likely N-dealkylation sites (N-methyl/N-ethyl adjacent to an activating group) is 1. The van der Waals surface area contributed by atoms with Gasteiger partial charge in [0.2, 0.25) is 0 Å². The van der Waals surface area contributed by atoms with Crippen LogP contribution in [-0.4, -0.2) is 35.5 Å². The monoisotopic (exact) mass is 326 g/mol. The van der Waals surface area contributed by atoms with Crippen molar-refractivity contribution in [1.29, 1.82) is 0 Å². The van der Waals surface area contributed by atoms with Crippen LogP contribution in [0.4, 0.5) is 5.69 Å². The van der Waals surface area contributed by atoms with Crippen LogP contribution in [0, 0.1) is 5.92 Å². The van der Waals surface area contributed by atoms with Gasteiger partial charge in [-0.15, -0.1) is 0 Å². The van der Waals surface area contributed by atoms with Crippen LogP contribution in [0.3, 0.4) is 0 Å². The quantitative estimate of drug-likeness (QED) is 0.883. The van der Waals surface area contributed by atoms with E-state index >= 15 is 0 Å². The van der Waals surface area contributed by atoms with Gasteiger partial charge in [-0.05, 0) is 41.6 Å². The smallest absolute Gasteiger partial charge is 0.283 e. The van der Waals surface area contributed by atoms with Crippen molar-refractivity contribution >= 4 is 21.6 Å². The molecule has 3 rings (SSSR count). The Balaban J connectivity index is 1.88. The highest BCUT2D eigenvalue weighted by Crippen LogP contribution is 2.30. The standard InChI is InChI=1S/C13H19BrN4O/c1-2-17(10-5-15-6-10)11-7-16-18(8-9-3-4-9)13(19)12(11)14/h7,9-10,15H,2-6,8H2,1H3. The van der Waals surface area contributed by atoms with Crippen LogP contribution in [-0.2, 0) is 6.54 Å². The summed E-state index contributed by atoms with van der Waals surface area (Å²) in [7, 11) is 0. The lowest BCUT2D eigenvalue weighted by Gasteiger charge is -2.39. The van der Waals surface area contributed by atoms with Gasteiger partial charge in [0.25, 0.3) is 5.56 Å². The predicted molar refractivity (Wildman–Crippen MR) is 78.6 cm³/mol. The van der Waals surface area contributed by atoms with Crippen molar-refractivity contribution in [3.63, 3.8) is 0 Å². The highest BCUT2D eigenvalue weighted by atomic mass is 79.9. The second kappa shape index (κ2) is 5.25. The summed E-state index contributed by atoms with van der Waals surface area (Å²) in [6.45, 7) is 5.71. The molecule has 0 aromatic carbocycles. The molecular formula is C13H19BrN4O. The van der Waals surface area contributed by atoms with Gasteiger partial charge < -0.3 is 10.2 Å². The Bertz CT molecular complexity index is 522. The molecule has 1 aromatic heterocycles. The number of nitrogens with zero attached hydrogens (tertiary/aromatic N) is 3. The summed E-state index contributed by atoms with van der Waals surface area (Å²) in [4.78, 5) is 14.6. The van der Waals surface area contributed by atoms with E-state index in [1.54, 1.807) is 4.68 Å². The third-order valence-electron chi connectivity index (χ3n) is 3.95. The van der Waals surface area contributed by atoms with Crippen LogP contribution in [0.5, 0.6) is 0 Å². The second-order valence-electron chi connectivity index (χ2n) is 5.37. The number of aromatic nitrogens is 2. The van der Waals surface area contributed by atoms with Gasteiger partial charge in [-0.3, -0.25) is 4.79 Å². The molecule has 1 aliphatic carbocycles. The fourth-order valence-electron chi connectivity index (χ4n) is 2.45. The number of nitrogens with one attached hydrogen (secondary N) is 1. The lowest BCUT2D eigenvalue weighted by atomic mass is 10.1. The lowest BCUT2D eigenvalue weighted by Crippen LogP contribution is -2.57. The maximum absolute atomic E-state index is 12.3. The molecule has 1 aromatic rings. The molecule has 5 nitrogen and oxygen atoms in total. The van der Waals surface area contributed by atoms with Crippen LogP contribution in [0.15, 0.2) is 15.5 Å². The van der Waals surface area contributed by atoms with Crippen LogP contribution in [0.25, 0.3) is 0 Å². The third kappa shape index (κ3) is 2.56. The van der Waals surface area contributed by atoms with Crippen molar-refractivity contribution < 1.29 is 0 Å². The Morgan fingerprint density at radius 2 is 2.26 bits per heavy atom. The third-order valence-corrected chi connectivity index (χ3v) is 4.69. The first-order chi connectivity index (χ1) is 9.20. The van der Waals surface area contributed by atoms with E-state index < -0.39 is 0 Å². The predicted octanol–water partition coefficient (Wildman–Crippen LogP) is 1.21. The molecule has 0 bridgehead atoms. The Morgan fingerprint density at radius 1 is 1.53 bits per heavy atom. The fourth-order valence-corrected chi connectivity index (χ4v) is 2.99.